The first kappa shape index (κ1) is 24.0. The molecule has 8 heteroatoms. The summed E-state index contributed by atoms with van der Waals surface area (Å²) in [7, 11) is -2.40. The number of ether oxygens (including phenoxy) is 1. The summed E-state index contributed by atoms with van der Waals surface area (Å²) in [5.41, 5.74) is 5.42. The fourth-order valence-corrected chi connectivity index (χ4v) is 4.68. The molecule has 0 aromatic heterocycles. The number of sulfonamides is 1. The van der Waals surface area contributed by atoms with Crippen molar-refractivity contribution in [3.8, 4) is 5.75 Å². The molecule has 0 aliphatic rings. The van der Waals surface area contributed by atoms with Gasteiger partial charge in [0, 0.05) is 0 Å². The third kappa shape index (κ3) is 5.98. The van der Waals surface area contributed by atoms with E-state index in [1.807, 2.05) is 26.0 Å². The van der Waals surface area contributed by atoms with E-state index in [-0.39, 0.29) is 4.90 Å². The van der Waals surface area contributed by atoms with Crippen LogP contribution in [-0.2, 0) is 21.2 Å². The van der Waals surface area contributed by atoms with Gasteiger partial charge in [0.2, 0.25) is 0 Å². The fourth-order valence-electron chi connectivity index (χ4n) is 3.22. The van der Waals surface area contributed by atoms with Gasteiger partial charge < -0.3 is 4.74 Å². The van der Waals surface area contributed by atoms with Crippen LogP contribution in [0.15, 0.2) is 82.8 Å². The van der Waals surface area contributed by atoms with Gasteiger partial charge in [0.15, 0.2) is 0 Å². The summed E-state index contributed by atoms with van der Waals surface area (Å²) in [6.07, 6.45) is 2.10. The maximum absolute atomic E-state index is 13.5. The van der Waals surface area contributed by atoms with Gasteiger partial charge in [-0.1, -0.05) is 42.8 Å². The van der Waals surface area contributed by atoms with Gasteiger partial charge >= 0.3 is 0 Å². The number of hydrogen-bond donors (Lipinski definition) is 1. The van der Waals surface area contributed by atoms with Crippen LogP contribution in [0.4, 0.5) is 5.69 Å². The molecule has 0 bridgehead atoms. The summed E-state index contributed by atoms with van der Waals surface area (Å²) in [5, 5.41) is 3.97. The monoisotopic (exact) mass is 465 g/mol. The molecule has 0 aliphatic carbocycles. The van der Waals surface area contributed by atoms with Gasteiger partial charge in [0.05, 0.1) is 23.9 Å². The van der Waals surface area contributed by atoms with Crippen molar-refractivity contribution in [2.45, 2.75) is 25.2 Å². The fraction of sp³-hybridized carbons (Fsp3) is 0.200. The molecule has 0 heterocycles. The number of amides is 1. The van der Waals surface area contributed by atoms with Crippen LogP contribution in [0.2, 0.25) is 0 Å². The second-order valence-corrected chi connectivity index (χ2v) is 9.24. The first-order chi connectivity index (χ1) is 15.8. The van der Waals surface area contributed by atoms with Crippen molar-refractivity contribution < 1.29 is 17.9 Å². The maximum Gasteiger partial charge on any atom is 0.264 e. The van der Waals surface area contributed by atoms with E-state index in [4.69, 9.17) is 4.74 Å². The third-order valence-corrected chi connectivity index (χ3v) is 6.83. The number of nitrogens with one attached hydrogen (secondary N) is 1. The molecule has 3 aromatic carbocycles. The van der Waals surface area contributed by atoms with Gasteiger partial charge in [-0.3, -0.25) is 9.10 Å². The van der Waals surface area contributed by atoms with Crippen molar-refractivity contribution in [1.29, 1.82) is 0 Å². The minimum Gasteiger partial charge on any atom is -0.497 e. The van der Waals surface area contributed by atoms with Crippen LogP contribution in [0.25, 0.3) is 0 Å². The summed E-state index contributed by atoms with van der Waals surface area (Å²) in [6, 6.07) is 20.9. The molecule has 3 aromatic rings. The Morgan fingerprint density at radius 1 is 1.03 bits per heavy atom. The number of carbonyl (C=O) groups excluding carboxylic acids is 1. The highest BCUT2D eigenvalue weighted by atomic mass is 32.2. The van der Waals surface area contributed by atoms with Crippen LogP contribution in [0.5, 0.6) is 5.75 Å². The lowest BCUT2D eigenvalue weighted by Gasteiger charge is -2.25. The number of benzene rings is 3. The standard InChI is InChI=1S/C25H27N3O4S/c1-4-21-7-5-6-8-24(21)28(33(30,31)23-15-9-19(2)10-16-23)18-25(29)27-26-17-20-11-13-22(32-3)14-12-20/h5-17H,4,18H2,1-3H3,(H,27,29)/b26-17-. The average Bonchev–Trinajstić information content (AvgIpc) is 2.83. The van der Waals surface area contributed by atoms with Gasteiger partial charge in [0.25, 0.3) is 15.9 Å². The predicted molar refractivity (Wildman–Crippen MR) is 130 cm³/mol. The molecule has 0 radical (unpaired) electrons. The van der Waals surface area contributed by atoms with E-state index in [0.29, 0.717) is 17.9 Å². The lowest BCUT2D eigenvalue weighted by atomic mass is 10.1. The van der Waals surface area contributed by atoms with E-state index >= 15 is 0 Å². The van der Waals surface area contributed by atoms with Gasteiger partial charge in [-0.15, -0.1) is 0 Å². The lowest BCUT2D eigenvalue weighted by molar-refractivity contribution is -0.119. The summed E-state index contributed by atoms with van der Waals surface area (Å²) >= 11 is 0. The average molecular weight is 466 g/mol. The highest BCUT2D eigenvalue weighted by Crippen LogP contribution is 2.27. The first-order valence-corrected chi connectivity index (χ1v) is 11.9. The Bertz CT molecular complexity index is 1220. The van der Waals surface area contributed by atoms with E-state index in [1.165, 1.54) is 6.21 Å². The summed E-state index contributed by atoms with van der Waals surface area (Å²) in [4.78, 5) is 12.8. The molecule has 0 fully saturated rings. The summed E-state index contributed by atoms with van der Waals surface area (Å²) in [5.74, 6) is 0.157. The predicted octanol–water partition coefficient (Wildman–Crippen LogP) is 3.91. The number of anilines is 1. The highest BCUT2D eigenvalue weighted by Gasteiger charge is 2.28. The normalized spacial score (nSPS) is 11.4. The maximum atomic E-state index is 13.5. The number of nitrogens with zero attached hydrogens (tertiary/aromatic N) is 2. The number of carbonyl (C=O) groups is 1. The number of rotatable bonds is 9. The molecule has 172 valence electrons. The van der Waals surface area contributed by atoms with Crippen LogP contribution in [0.3, 0.4) is 0 Å². The number of para-hydroxylation sites is 1. The van der Waals surface area contributed by atoms with Gasteiger partial charge in [-0.05, 0) is 66.9 Å². The Kier molecular flexibility index (Phi) is 7.84. The van der Waals surface area contributed by atoms with Crippen molar-refractivity contribution in [3.05, 3.63) is 89.5 Å². The molecule has 1 amide bonds. The van der Waals surface area contributed by atoms with Crippen molar-refractivity contribution >= 4 is 27.8 Å². The second-order valence-electron chi connectivity index (χ2n) is 7.37. The Hall–Kier alpha value is -3.65. The molecule has 3 rings (SSSR count). The molecular weight excluding hydrogens is 438 g/mol. The smallest absolute Gasteiger partial charge is 0.264 e. The zero-order valence-corrected chi connectivity index (χ0v) is 19.7. The molecule has 0 saturated carbocycles. The SMILES string of the molecule is CCc1ccccc1N(CC(=O)N/N=C\c1ccc(OC)cc1)S(=O)(=O)c1ccc(C)cc1. The number of hydrazone groups is 1. The first-order valence-electron chi connectivity index (χ1n) is 10.5. The molecule has 33 heavy (non-hydrogen) atoms. The van der Waals surface area contributed by atoms with Crippen molar-refractivity contribution in [2.75, 3.05) is 18.0 Å². The van der Waals surface area contributed by atoms with Crippen LogP contribution >= 0.6 is 0 Å². The molecule has 0 saturated heterocycles. The van der Waals surface area contributed by atoms with E-state index in [1.54, 1.807) is 67.8 Å². The third-order valence-electron chi connectivity index (χ3n) is 5.06. The quantitative estimate of drug-likeness (QED) is 0.383. The molecule has 0 atom stereocenters. The van der Waals surface area contributed by atoms with Gasteiger partial charge in [-0.2, -0.15) is 5.10 Å². The van der Waals surface area contributed by atoms with Crippen molar-refractivity contribution in [1.82, 2.24) is 5.43 Å². The van der Waals surface area contributed by atoms with Crippen LogP contribution < -0.4 is 14.5 Å². The summed E-state index contributed by atoms with van der Waals surface area (Å²) < 4.78 is 33.2. The topological polar surface area (TPSA) is 88.1 Å². The minimum absolute atomic E-state index is 0.119. The van der Waals surface area contributed by atoms with Crippen molar-refractivity contribution in [3.63, 3.8) is 0 Å². The Morgan fingerprint density at radius 3 is 2.33 bits per heavy atom. The molecule has 0 aliphatic heterocycles. The Labute approximate surface area is 194 Å². The summed E-state index contributed by atoms with van der Waals surface area (Å²) in [6.45, 7) is 3.41. The van der Waals surface area contributed by atoms with E-state index in [2.05, 4.69) is 10.5 Å². The van der Waals surface area contributed by atoms with Gasteiger partial charge in [0.1, 0.15) is 12.3 Å². The molecular formula is C25H27N3O4S. The molecule has 7 nitrogen and oxygen atoms in total. The van der Waals surface area contributed by atoms with Crippen molar-refractivity contribution in [2.24, 2.45) is 5.10 Å². The number of aryl methyl sites for hydroxylation is 2. The molecule has 0 spiro atoms. The largest absolute Gasteiger partial charge is 0.497 e. The van der Waals surface area contributed by atoms with Gasteiger partial charge in [-0.25, -0.2) is 13.8 Å². The Morgan fingerprint density at radius 2 is 1.70 bits per heavy atom. The zero-order valence-electron chi connectivity index (χ0n) is 18.9. The van der Waals surface area contributed by atoms with E-state index < -0.39 is 22.5 Å². The van der Waals surface area contributed by atoms with Crippen LogP contribution in [0, 0.1) is 6.92 Å². The minimum atomic E-state index is -3.98. The number of methoxy groups -OCH3 is 1. The number of hydrogen-bond acceptors (Lipinski definition) is 5. The molecule has 0 unspecified atom stereocenters. The lowest BCUT2D eigenvalue weighted by Crippen LogP contribution is -2.40. The second kappa shape index (κ2) is 10.8. The molecule has 1 N–H and O–H groups in total. The van der Waals surface area contributed by atoms with Crippen LogP contribution in [0.1, 0.15) is 23.6 Å². The van der Waals surface area contributed by atoms with E-state index in [9.17, 15) is 13.2 Å². The van der Waals surface area contributed by atoms with Crippen LogP contribution in [-0.4, -0.2) is 34.2 Å². The zero-order chi connectivity index (χ0) is 23.8. The van der Waals surface area contributed by atoms with E-state index in [0.717, 1.165) is 21.0 Å². The Balaban J connectivity index is 1.85. The highest BCUT2D eigenvalue weighted by molar-refractivity contribution is 7.92.